The number of allylic oxidation sites excluding steroid dienone is 1. The van der Waals surface area contributed by atoms with Gasteiger partial charge in [-0.05, 0) is 32.7 Å². The van der Waals surface area contributed by atoms with Gasteiger partial charge in [-0.15, -0.1) is 6.58 Å². The molecule has 2 nitrogen and oxygen atoms in total. The standard InChI is InChI=1S/C11H23NOS/c1-4-5-6-7-8-9-12-10-11(2)14(3)13/h4,11-12H,1,5-10H2,2-3H3. The molecule has 14 heavy (non-hydrogen) atoms. The summed E-state index contributed by atoms with van der Waals surface area (Å²) in [4.78, 5) is 0. The summed E-state index contributed by atoms with van der Waals surface area (Å²) in [5.74, 6) is 0. The number of rotatable bonds is 9. The lowest BCUT2D eigenvalue weighted by Crippen LogP contribution is -2.28. The van der Waals surface area contributed by atoms with Gasteiger partial charge in [0.1, 0.15) is 0 Å². The van der Waals surface area contributed by atoms with Crippen LogP contribution in [0.4, 0.5) is 0 Å². The van der Waals surface area contributed by atoms with Crippen LogP contribution >= 0.6 is 0 Å². The van der Waals surface area contributed by atoms with Gasteiger partial charge in [0.15, 0.2) is 0 Å². The summed E-state index contributed by atoms with van der Waals surface area (Å²) in [5.41, 5.74) is 0. The average Bonchev–Trinajstić information content (AvgIpc) is 2.16. The van der Waals surface area contributed by atoms with Crippen molar-refractivity contribution in [3.05, 3.63) is 12.7 Å². The van der Waals surface area contributed by atoms with E-state index >= 15 is 0 Å². The van der Waals surface area contributed by atoms with Crippen molar-refractivity contribution in [2.75, 3.05) is 19.3 Å². The summed E-state index contributed by atoms with van der Waals surface area (Å²) in [6.07, 6.45) is 8.54. The lowest BCUT2D eigenvalue weighted by molar-refractivity contribution is 0.598. The molecule has 0 spiro atoms. The average molecular weight is 217 g/mol. The second-order valence-corrected chi connectivity index (χ2v) is 5.45. The van der Waals surface area contributed by atoms with Gasteiger partial charge >= 0.3 is 0 Å². The van der Waals surface area contributed by atoms with Gasteiger partial charge in [0, 0.05) is 28.9 Å². The maximum atomic E-state index is 11.0. The first kappa shape index (κ1) is 13.8. The van der Waals surface area contributed by atoms with E-state index in [2.05, 4.69) is 11.9 Å². The molecule has 3 heteroatoms. The number of unbranched alkanes of at least 4 members (excludes halogenated alkanes) is 3. The minimum absolute atomic E-state index is 0.267. The highest BCUT2D eigenvalue weighted by Crippen LogP contribution is 1.99. The SMILES string of the molecule is C=CCCCCCNCC(C)S(C)=O. The van der Waals surface area contributed by atoms with Crippen molar-refractivity contribution in [3.63, 3.8) is 0 Å². The second-order valence-electron chi connectivity index (χ2n) is 3.65. The van der Waals surface area contributed by atoms with E-state index in [9.17, 15) is 4.21 Å². The molecule has 0 aliphatic carbocycles. The molecule has 2 atom stereocenters. The highest BCUT2D eigenvalue weighted by Gasteiger charge is 2.03. The fraction of sp³-hybridized carbons (Fsp3) is 0.818. The zero-order chi connectivity index (χ0) is 10.8. The molecule has 0 saturated heterocycles. The van der Waals surface area contributed by atoms with E-state index in [1.165, 1.54) is 19.3 Å². The zero-order valence-electron chi connectivity index (χ0n) is 9.42. The molecule has 0 amide bonds. The van der Waals surface area contributed by atoms with E-state index in [0.29, 0.717) is 0 Å². The lowest BCUT2D eigenvalue weighted by Gasteiger charge is -2.09. The third-order valence-corrected chi connectivity index (χ3v) is 3.56. The molecule has 2 unspecified atom stereocenters. The molecule has 0 rings (SSSR count). The van der Waals surface area contributed by atoms with Crippen molar-refractivity contribution in [3.8, 4) is 0 Å². The van der Waals surface area contributed by atoms with Crippen LogP contribution in [0.5, 0.6) is 0 Å². The van der Waals surface area contributed by atoms with E-state index in [0.717, 1.165) is 19.5 Å². The van der Waals surface area contributed by atoms with Crippen molar-refractivity contribution in [2.45, 2.75) is 37.9 Å². The van der Waals surface area contributed by atoms with Crippen LogP contribution in [0.3, 0.4) is 0 Å². The second kappa shape index (κ2) is 9.41. The molecule has 0 bridgehead atoms. The van der Waals surface area contributed by atoms with Crippen LogP contribution in [0.15, 0.2) is 12.7 Å². The smallest absolute Gasteiger partial charge is 0.0441 e. The largest absolute Gasteiger partial charge is 0.316 e. The predicted octanol–water partition coefficient (Wildman–Crippen LogP) is 2.09. The van der Waals surface area contributed by atoms with Gasteiger partial charge < -0.3 is 5.32 Å². The van der Waals surface area contributed by atoms with E-state index in [1.807, 2.05) is 13.0 Å². The maximum Gasteiger partial charge on any atom is 0.0441 e. The molecule has 0 aromatic rings. The topological polar surface area (TPSA) is 29.1 Å². The fourth-order valence-corrected chi connectivity index (χ4v) is 1.49. The van der Waals surface area contributed by atoms with Crippen molar-refractivity contribution in [1.82, 2.24) is 5.32 Å². The quantitative estimate of drug-likeness (QED) is 0.473. The third-order valence-electron chi connectivity index (χ3n) is 2.26. The Hall–Kier alpha value is -0.150. The number of hydrogen-bond acceptors (Lipinski definition) is 2. The van der Waals surface area contributed by atoms with Gasteiger partial charge in [-0.25, -0.2) is 0 Å². The van der Waals surface area contributed by atoms with Gasteiger partial charge in [0.25, 0.3) is 0 Å². The third kappa shape index (κ3) is 8.45. The van der Waals surface area contributed by atoms with Crippen LogP contribution in [-0.2, 0) is 10.8 Å². The number of nitrogens with one attached hydrogen (secondary N) is 1. The molecule has 1 N–H and O–H groups in total. The molecule has 84 valence electrons. The summed E-state index contributed by atoms with van der Waals surface area (Å²) in [7, 11) is -0.696. The van der Waals surface area contributed by atoms with Crippen LogP contribution in [0, 0.1) is 0 Å². The fourth-order valence-electron chi connectivity index (χ4n) is 1.14. The zero-order valence-corrected chi connectivity index (χ0v) is 10.2. The van der Waals surface area contributed by atoms with Crippen molar-refractivity contribution < 1.29 is 4.21 Å². The molecule has 0 aliphatic rings. The molecule has 0 saturated carbocycles. The van der Waals surface area contributed by atoms with Gasteiger partial charge in [-0.1, -0.05) is 12.5 Å². The predicted molar refractivity (Wildman–Crippen MR) is 65.1 cm³/mol. The van der Waals surface area contributed by atoms with Crippen molar-refractivity contribution in [2.24, 2.45) is 0 Å². The molecule has 0 aromatic carbocycles. The first-order valence-corrected chi connectivity index (χ1v) is 6.94. The van der Waals surface area contributed by atoms with E-state index in [4.69, 9.17) is 0 Å². The lowest BCUT2D eigenvalue weighted by atomic mass is 10.2. The Morgan fingerprint density at radius 2 is 2.14 bits per heavy atom. The van der Waals surface area contributed by atoms with Gasteiger partial charge in [0.05, 0.1) is 0 Å². The molecule has 0 heterocycles. The van der Waals surface area contributed by atoms with Crippen LogP contribution in [0.25, 0.3) is 0 Å². The van der Waals surface area contributed by atoms with Crippen LogP contribution in [-0.4, -0.2) is 28.8 Å². The number of hydrogen-bond donors (Lipinski definition) is 1. The Morgan fingerprint density at radius 1 is 1.43 bits per heavy atom. The summed E-state index contributed by atoms with van der Waals surface area (Å²) in [6, 6.07) is 0. The first-order valence-electron chi connectivity index (χ1n) is 5.32. The van der Waals surface area contributed by atoms with E-state index in [1.54, 1.807) is 6.26 Å². The highest BCUT2D eigenvalue weighted by molar-refractivity contribution is 7.84. The van der Waals surface area contributed by atoms with E-state index < -0.39 is 10.8 Å². The van der Waals surface area contributed by atoms with Crippen molar-refractivity contribution in [1.29, 1.82) is 0 Å². The van der Waals surface area contributed by atoms with Crippen LogP contribution in [0.2, 0.25) is 0 Å². The Kier molecular flexibility index (Phi) is 9.31. The highest BCUT2D eigenvalue weighted by atomic mass is 32.2. The van der Waals surface area contributed by atoms with Gasteiger partial charge in [0.2, 0.25) is 0 Å². The monoisotopic (exact) mass is 217 g/mol. The van der Waals surface area contributed by atoms with Crippen molar-refractivity contribution >= 4 is 10.8 Å². The Morgan fingerprint density at radius 3 is 2.71 bits per heavy atom. The summed E-state index contributed by atoms with van der Waals surface area (Å²) in [5, 5.41) is 3.59. The Balaban J connectivity index is 3.13. The summed E-state index contributed by atoms with van der Waals surface area (Å²) < 4.78 is 11.0. The molecule has 0 radical (unpaired) electrons. The maximum absolute atomic E-state index is 11.0. The van der Waals surface area contributed by atoms with Crippen LogP contribution in [0.1, 0.15) is 32.6 Å². The molecular formula is C11H23NOS. The van der Waals surface area contributed by atoms with Gasteiger partial charge in [-0.3, -0.25) is 4.21 Å². The summed E-state index contributed by atoms with van der Waals surface area (Å²) >= 11 is 0. The van der Waals surface area contributed by atoms with Gasteiger partial charge in [-0.2, -0.15) is 0 Å². The molecule has 0 fully saturated rings. The molecule has 0 aromatic heterocycles. The minimum atomic E-state index is -0.696. The first-order chi connectivity index (χ1) is 6.68. The Labute approximate surface area is 90.6 Å². The molecule has 0 aliphatic heterocycles. The van der Waals surface area contributed by atoms with E-state index in [-0.39, 0.29) is 5.25 Å². The Bertz CT molecular complexity index is 171. The normalized spacial score (nSPS) is 15.0. The van der Waals surface area contributed by atoms with Crippen LogP contribution < -0.4 is 5.32 Å². The summed E-state index contributed by atoms with van der Waals surface area (Å²) in [6.45, 7) is 7.61. The molecular weight excluding hydrogens is 194 g/mol. The minimum Gasteiger partial charge on any atom is -0.316 e.